The molecule has 2 rings (SSSR count). The third-order valence-electron chi connectivity index (χ3n) is 2.77. The summed E-state index contributed by atoms with van der Waals surface area (Å²) in [6, 6.07) is 18.1. The minimum absolute atomic E-state index is 0.0542. The first-order valence-electron chi connectivity index (χ1n) is 6.39. The summed E-state index contributed by atoms with van der Waals surface area (Å²) in [6.07, 6.45) is 0.977. The maximum absolute atomic E-state index is 11.0. The monoisotopic (exact) mass is 254 g/mol. The van der Waals surface area contributed by atoms with Gasteiger partial charge >= 0.3 is 0 Å². The lowest BCUT2D eigenvalue weighted by Crippen LogP contribution is -2.07. The van der Waals surface area contributed by atoms with Crippen LogP contribution in [0.2, 0.25) is 0 Å². The molecular formula is C16H18N2O. The Kier molecular flexibility index (Phi) is 4.56. The molecule has 0 atom stereocenters. The van der Waals surface area contributed by atoms with Gasteiger partial charge in [-0.1, -0.05) is 36.4 Å². The van der Waals surface area contributed by atoms with Gasteiger partial charge in [-0.15, -0.1) is 0 Å². The lowest BCUT2D eigenvalue weighted by molar-refractivity contribution is -0.114. The van der Waals surface area contributed by atoms with E-state index in [9.17, 15) is 4.79 Å². The number of amides is 1. The van der Waals surface area contributed by atoms with Crippen molar-refractivity contribution >= 4 is 17.3 Å². The minimum Gasteiger partial charge on any atom is -0.385 e. The number of anilines is 2. The van der Waals surface area contributed by atoms with Crippen LogP contribution < -0.4 is 10.6 Å². The molecule has 0 saturated heterocycles. The van der Waals surface area contributed by atoms with E-state index in [0.717, 1.165) is 24.3 Å². The largest absolute Gasteiger partial charge is 0.385 e. The zero-order valence-electron chi connectivity index (χ0n) is 11.0. The highest BCUT2D eigenvalue weighted by Gasteiger charge is 1.97. The van der Waals surface area contributed by atoms with E-state index >= 15 is 0 Å². The van der Waals surface area contributed by atoms with Crippen molar-refractivity contribution in [2.45, 2.75) is 13.3 Å². The van der Waals surface area contributed by atoms with Gasteiger partial charge in [0.1, 0.15) is 0 Å². The van der Waals surface area contributed by atoms with Gasteiger partial charge in [-0.25, -0.2) is 0 Å². The topological polar surface area (TPSA) is 41.1 Å². The number of hydrogen-bond donors (Lipinski definition) is 2. The van der Waals surface area contributed by atoms with Crippen LogP contribution in [0.5, 0.6) is 0 Å². The van der Waals surface area contributed by atoms with Crippen LogP contribution in [0.15, 0.2) is 54.6 Å². The number of benzene rings is 2. The third kappa shape index (κ3) is 4.47. The van der Waals surface area contributed by atoms with E-state index in [2.05, 4.69) is 22.8 Å². The smallest absolute Gasteiger partial charge is 0.221 e. The van der Waals surface area contributed by atoms with E-state index in [1.807, 2.05) is 42.5 Å². The third-order valence-corrected chi connectivity index (χ3v) is 2.77. The summed E-state index contributed by atoms with van der Waals surface area (Å²) in [5.74, 6) is -0.0542. The molecule has 1 amide bonds. The van der Waals surface area contributed by atoms with Crippen molar-refractivity contribution in [3.8, 4) is 0 Å². The Morgan fingerprint density at radius 3 is 2.47 bits per heavy atom. The molecule has 0 saturated carbocycles. The maximum Gasteiger partial charge on any atom is 0.221 e. The molecule has 0 heterocycles. The van der Waals surface area contributed by atoms with E-state index in [1.54, 1.807) is 0 Å². The molecule has 0 fully saturated rings. The van der Waals surface area contributed by atoms with Crippen molar-refractivity contribution in [2.24, 2.45) is 0 Å². The minimum atomic E-state index is -0.0542. The Hall–Kier alpha value is -2.29. The Morgan fingerprint density at radius 2 is 1.74 bits per heavy atom. The van der Waals surface area contributed by atoms with Gasteiger partial charge in [0.25, 0.3) is 0 Å². The van der Waals surface area contributed by atoms with Crippen LogP contribution in [0.4, 0.5) is 11.4 Å². The van der Waals surface area contributed by atoms with E-state index in [0.29, 0.717) is 0 Å². The van der Waals surface area contributed by atoms with Gasteiger partial charge in [-0.05, 0) is 30.2 Å². The van der Waals surface area contributed by atoms with Gasteiger partial charge in [-0.2, -0.15) is 0 Å². The second-order valence-corrected chi connectivity index (χ2v) is 4.42. The van der Waals surface area contributed by atoms with Gasteiger partial charge in [0.15, 0.2) is 0 Å². The summed E-state index contributed by atoms with van der Waals surface area (Å²) >= 11 is 0. The van der Waals surface area contributed by atoms with Gasteiger partial charge in [0.05, 0.1) is 0 Å². The second-order valence-electron chi connectivity index (χ2n) is 4.42. The summed E-state index contributed by atoms with van der Waals surface area (Å²) in [5.41, 5.74) is 3.15. The van der Waals surface area contributed by atoms with Crippen LogP contribution in [0.3, 0.4) is 0 Å². The molecule has 3 nitrogen and oxygen atoms in total. The van der Waals surface area contributed by atoms with E-state index < -0.39 is 0 Å². The summed E-state index contributed by atoms with van der Waals surface area (Å²) in [5, 5.41) is 6.13. The Bertz CT molecular complexity index is 537. The molecule has 0 unspecified atom stereocenters. The average Bonchev–Trinajstić information content (AvgIpc) is 2.40. The fourth-order valence-corrected chi connectivity index (χ4v) is 1.91. The fourth-order valence-electron chi connectivity index (χ4n) is 1.91. The van der Waals surface area contributed by atoms with Crippen LogP contribution in [-0.2, 0) is 11.2 Å². The van der Waals surface area contributed by atoms with Gasteiger partial charge < -0.3 is 10.6 Å². The first-order chi connectivity index (χ1) is 9.24. The highest BCUT2D eigenvalue weighted by atomic mass is 16.1. The zero-order valence-corrected chi connectivity index (χ0v) is 11.0. The van der Waals surface area contributed by atoms with Crippen LogP contribution >= 0.6 is 0 Å². The number of carbonyl (C=O) groups is 1. The number of nitrogens with one attached hydrogen (secondary N) is 2. The van der Waals surface area contributed by atoms with Crippen molar-refractivity contribution in [1.29, 1.82) is 0 Å². The van der Waals surface area contributed by atoms with E-state index in [4.69, 9.17) is 0 Å². The number of rotatable bonds is 5. The molecule has 98 valence electrons. The van der Waals surface area contributed by atoms with Crippen molar-refractivity contribution < 1.29 is 4.79 Å². The molecule has 2 N–H and O–H groups in total. The average molecular weight is 254 g/mol. The molecule has 0 aliphatic rings. The normalized spacial score (nSPS) is 9.95. The highest BCUT2D eigenvalue weighted by molar-refractivity contribution is 5.89. The first kappa shape index (κ1) is 13.1. The van der Waals surface area contributed by atoms with Crippen LogP contribution in [0.25, 0.3) is 0 Å². The van der Waals surface area contributed by atoms with Crippen molar-refractivity contribution in [1.82, 2.24) is 0 Å². The van der Waals surface area contributed by atoms with Crippen LogP contribution in [-0.4, -0.2) is 12.5 Å². The van der Waals surface area contributed by atoms with Crippen molar-refractivity contribution in [3.63, 3.8) is 0 Å². The molecule has 19 heavy (non-hydrogen) atoms. The van der Waals surface area contributed by atoms with Crippen LogP contribution in [0, 0.1) is 0 Å². The SMILES string of the molecule is CC(=O)Nc1cccc(NCCc2ccccc2)c1. The predicted molar refractivity (Wildman–Crippen MR) is 79.4 cm³/mol. The molecule has 0 radical (unpaired) electrons. The Morgan fingerprint density at radius 1 is 1.00 bits per heavy atom. The van der Waals surface area contributed by atoms with E-state index in [-0.39, 0.29) is 5.91 Å². The summed E-state index contributed by atoms with van der Waals surface area (Å²) < 4.78 is 0. The summed E-state index contributed by atoms with van der Waals surface area (Å²) in [7, 11) is 0. The Balaban J connectivity index is 1.87. The molecular weight excluding hydrogens is 236 g/mol. The first-order valence-corrected chi connectivity index (χ1v) is 6.39. The van der Waals surface area contributed by atoms with Gasteiger partial charge in [0, 0.05) is 24.8 Å². The highest BCUT2D eigenvalue weighted by Crippen LogP contribution is 2.15. The molecule has 0 aromatic heterocycles. The maximum atomic E-state index is 11.0. The van der Waals surface area contributed by atoms with Crippen molar-refractivity contribution in [3.05, 3.63) is 60.2 Å². The predicted octanol–water partition coefficient (Wildman–Crippen LogP) is 3.30. The van der Waals surface area contributed by atoms with Gasteiger partial charge in [-0.3, -0.25) is 4.79 Å². The summed E-state index contributed by atoms with van der Waals surface area (Å²) in [4.78, 5) is 11.0. The number of hydrogen-bond acceptors (Lipinski definition) is 2. The van der Waals surface area contributed by atoms with Crippen molar-refractivity contribution in [2.75, 3.05) is 17.2 Å². The quantitative estimate of drug-likeness (QED) is 0.859. The molecule has 0 aliphatic carbocycles. The standard InChI is InChI=1S/C16H18N2O/c1-13(19)18-16-9-5-8-15(12-16)17-11-10-14-6-3-2-4-7-14/h2-9,12,17H,10-11H2,1H3,(H,18,19). The van der Waals surface area contributed by atoms with E-state index in [1.165, 1.54) is 12.5 Å². The number of carbonyl (C=O) groups excluding carboxylic acids is 1. The molecule has 2 aromatic carbocycles. The lowest BCUT2D eigenvalue weighted by atomic mass is 10.1. The molecule has 3 heteroatoms. The fraction of sp³-hybridized carbons (Fsp3) is 0.188. The molecule has 0 aliphatic heterocycles. The lowest BCUT2D eigenvalue weighted by Gasteiger charge is -2.08. The second kappa shape index (κ2) is 6.59. The summed E-state index contributed by atoms with van der Waals surface area (Å²) in [6.45, 7) is 2.38. The zero-order chi connectivity index (χ0) is 13.5. The Labute approximate surface area is 113 Å². The molecule has 2 aromatic rings. The van der Waals surface area contributed by atoms with Gasteiger partial charge in [0.2, 0.25) is 5.91 Å². The molecule has 0 bridgehead atoms. The van der Waals surface area contributed by atoms with Crippen LogP contribution in [0.1, 0.15) is 12.5 Å². The molecule has 0 spiro atoms.